The Balaban J connectivity index is 1.72. The number of hydrogen-bond acceptors (Lipinski definition) is 2. The molecule has 0 radical (unpaired) electrons. The molecule has 0 aliphatic rings. The first-order valence-electron chi connectivity index (χ1n) is 10.8. The summed E-state index contributed by atoms with van der Waals surface area (Å²) in [6.07, 6.45) is 1.60. The van der Waals surface area contributed by atoms with Crippen LogP contribution in [-0.4, -0.2) is 12.9 Å². The number of rotatable bonds is 7. The largest absolute Gasteiger partial charge is 0.496 e. The average Bonchev–Trinajstić information content (AvgIpc) is 2.79. The molecule has 0 aliphatic carbocycles. The standard InChI is InChI=1S/C29H28O2/c1-20(2)17-22-10-5-7-14-27(22)29(30)24-15-16-28(31-3)25(19-24)18-23-12-8-11-21-9-4-6-13-26(21)23/h4-16,19-20H,17-18H2,1-3H3. The van der Waals surface area contributed by atoms with Gasteiger partial charge in [0.25, 0.3) is 0 Å². The van der Waals surface area contributed by atoms with Crippen LogP contribution in [-0.2, 0) is 12.8 Å². The van der Waals surface area contributed by atoms with Crippen LogP contribution in [0.2, 0.25) is 0 Å². The van der Waals surface area contributed by atoms with Gasteiger partial charge in [0.15, 0.2) is 5.78 Å². The van der Waals surface area contributed by atoms with E-state index in [4.69, 9.17) is 4.74 Å². The number of benzene rings is 4. The molecule has 156 valence electrons. The molecule has 0 saturated heterocycles. The normalized spacial score (nSPS) is 11.1. The maximum absolute atomic E-state index is 13.4. The molecule has 0 unspecified atom stereocenters. The van der Waals surface area contributed by atoms with Gasteiger partial charge >= 0.3 is 0 Å². The Morgan fingerprint density at radius 1 is 0.806 bits per heavy atom. The minimum absolute atomic E-state index is 0.0677. The fourth-order valence-electron chi connectivity index (χ4n) is 4.22. The number of methoxy groups -OCH3 is 1. The molecular weight excluding hydrogens is 380 g/mol. The molecule has 2 heteroatoms. The molecule has 4 aromatic rings. The molecular formula is C29H28O2. The van der Waals surface area contributed by atoms with Gasteiger partial charge in [-0.2, -0.15) is 0 Å². The van der Waals surface area contributed by atoms with Crippen molar-refractivity contribution in [2.24, 2.45) is 5.92 Å². The van der Waals surface area contributed by atoms with Gasteiger partial charge in [-0.15, -0.1) is 0 Å². The zero-order valence-corrected chi connectivity index (χ0v) is 18.4. The Morgan fingerprint density at radius 2 is 1.52 bits per heavy atom. The second kappa shape index (κ2) is 9.18. The van der Waals surface area contributed by atoms with Gasteiger partial charge in [-0.25, -0.2) is 0 Å². The van der Waals surface area contributed by atoms with Crippen molar-refractivity contribution in [2.75, 3.05) is 7.11 Å². The van der Waals surface area contributed by atoms with Gasteiger partial charge in [-0.1, -0.05) is 80.6 Å². The van der Waals surface area contributed by atoms with Crippen molar-refractivity contribution in [3.8, 4) is 5.75 Å². The Bertz CT molecular complexity index is 1220. The van der Waals surface area contributed by atoms with Crippen molar-refractivity contribution in [1.82, 2.24) is 0 Å². The van der Waals surface area contributed by atoms with Crippen LogP contribution in [0.1, 0.15) is 46.5 Å². The van der Waals surface area contributed by atoms with Crippen molar-refractivity contribution >= 4 is 16.6 Å². The van der Waals surface area contributed by atoms with Gasteiger partial charge in [-0.3, -0.25) is 4.79 Å². The van der Waals surface area contributed by atoms with Crippen LogP contribution >= 0.6 is 0 Å². The molecule has 0 spiro atoms. The number of carbonyl (C=O) groups excluding carboxylic acids is 1. The maximum Gasteiger partial charge on any atom is 0.193 e. The van der Waals surface area contributed by atoms with E-state index in [0.717, 1.165) is 28.9 Å². The Morgan fingerprint density at radius 3 is 2.32 bits per heavy atom. The lowest BCUT2D eigenvalue weighted by atomic mass is 9.91. The lowest BCUT2D eigenvalue weighted by Crippen LogP contribution is -2.08. The van der Waals surface area contributed by atoms with Crippen LogP contribution in [0.15, 0.2) is 84.9 Å². The number of ketones is 1. The van der Waals surface area contributed by atoms with Crippen LogP contribution in [0.4, 0.5) is 0 Å². The van der Waals surface area contributed by atoms with Gasteiger partial charge in [-0.05, 0) is 58.0 Å². The Labute approximate surface area is 184 Å². The second-order valence-electron chi connectivity index (χ2n) is 8.43. The third-order valence-electron chi connectivity index (χ3n) is 5.69. The highest BCUT2D eigenvalue weighted by Crippen LogP contribution is 2.28. The number of fused-ring (bicyclic) bond motifs is 1. The quantitative estimate of drug-likeness (QED) is 0.312. The van der Waals surface area contributed by atoms with E-state index in [9.17, 15) is 4.79 Å². The van der Waals surface area contributed by atoms with Crippen molar-refractivity contribution in [3.05, 3.63) is 113 Å². The van der Waals surface area contributed by atoms with Gasteiger partial charge in [0, 0.05) is 17.5 Å². The van der Waals surface area contributed by atoms with Crippen molar-refractivity contribution in [1.29, 1.82) is 0 Å². The Kier molecular flexibility index (Phi) is 6.18. The van der Waals surface area contributed by atoms with Crippen LogP contribution in [0.5, 0.6) is 5.75 Å². The zero-order chi connectivity index (χ0) is 21.8. The Hall–Kier alpha value is -3.39. The lowest BCUT2D eigenvalue weighted by molar-refractivity contribution is 0.103. The van der Waals surface area contributed by atoms with Crippen molar-refractivity contribution in [3.63, 3.8) is 0 Å². The molecule has 0 amide bonds. The van der Waals surface area contributed by atoms with E-state index in [1.165, 1.54) is 16.3 Å². The lowest BCUT2D eigenvalue weighted by Gasteiger charge is -2.14. The summed E-state index contributed by atoms with van der Waals surface area (Å²) in [7, 11) is 1.68. The first kappa shape index (κ1) is 20.9. The topological polar surface area (TPSA) is 26.3 Å². The van der Waals surface area contributed by atoms with E-state index < -0.39 is 0 Å². The van der Waals surface area contributed by atoms with E-state index >= 15 is 0 Å². The van der Waals surface area contributed by atoms with E-state index in [1.807, 2.05) is 36.4 Å². The summed E-state index contributed by atoms with van der Waals surface area (Å²) in [4.78, 5) is 13.4. The molecule has 0 bridgehead atoms. The summed E-state index contributed by atoms with van der Waals surface area (Å²) in [5, 5.41) is 2.44. The van der Waals surface area contributed by atoms with Gasteiger partial charge in [0.1, 0.15) is 5.75 Å². The smallest absolute Gasteiger partial charge is 0.193 e. The van der Waals surface area contributed by atoms with Gasteiger partial charge < -0.3 is 4.74 Å². The van der Waals surface area contributed by atoms with Crippen LogP contribution < -0.4 is 4.74 Å². The second-order valence-corrected chi connectivity index (χ2v) is 8.43. The molecule has 4 rings (SSSR count). The van der Waals surface area contributed by atoms with E-state index in [0.29, 0.717) is 17.9 Å². The third-order valence-corrected chi connectivity index (χ3v) is 5.69. The molecule has 0 saturated carbocycles. The van der Waals surface area contributed by atoms with Crippen molar-refractivity contribution in [2.45, 2.75) is 26.7 Å². The minimum atomic E-state index is 0.0677. The highest BCUT2D eigenvalue weighted by Gasteiger charge is 2.16. The molecule has 0 fully saturated rings. The fourth-order valence-corrected chi connectivity index (χ4v) is 4.22. The number of ether oxygens (including phenoxy) is 1. The van der Waals surface area contributed by atoms with E-state index in [1.54, 1.807) is 7.11 Å². The van der Waals surface area contributed by atoms with Gasteiger partial charge in [0.2, 0.25) is 0 Å². The van der Waals surface area contributed by atoms with Crippen molar-refractivity contribution < 1.29 is 9.53 Å². The third kappa shape index (κ3) is 4.54. The molecule has 31 heavy (non-hydrogen) atoms. The predicted molar refractivity (Wildman–Crippen MR) is 128 cm³/mol. The summed E-state index contributed by atoms with van der Waals surface area (Å²) in [5.41, 5.74) is 4.84. The van der Waals surface area contributed by atoms with E-state index in [2.05, 4.69) is 62.4 Å². The van der Waals surface area contributed by atoms with Crippen LogP contribution in [0.3, 0.4) is 0 Å². The van der Waals surface area contributed by atoms with Gasteiger partial charge in [0.05, 0.1) is 7.11 Å². The highest BCUT2D eigenvalue weighted by atomic mass is 16.5. The molecule has 2 nitrogen and oxygen atoms in total. The zero-order valence-electron chi connectivity index (χ0n) is 18.4. The predicted octanol–water partition coefficient (Wildman–Crippen LogP) is 6.87. The molecule has 0 atom stereocenters. The molecule has 0 heterocycles. The summed E-state index contributed by atoms with van der Waals surface area (Å²) in [5.74, 6) is 1.37. The minimum Gasteiger partial charge on any atom is -0.496 e. The first-order chi connectivity index (χ1) is 15.1. The fraction of sp³-hybridized carbons (Fsp3) is 0.207. The monoisotopic (exact) mass is 408 g/mol. The first-order valence-corrected chi connectivity index (χ1v) is 10.8. The average molecular weight is 409 g/mol. The molecule has 0 aliphatic heterocycles. The maximum atomic E-state index is 13.4. The summed E-state index contributed by atoms with van der Waals surface area (Å²) < 4.78 is 5.64. The summed E-state index contributed by atoms with van der Waals surface area (Å²) >= 11 is 0. The van der Waals surface area contributed by atoms with E-state index in [-0.39, 0.29) is 5.78 Å². The van der Waals surface area contributed by atoms with Crippen LogP contribution in [0.25, 0.3) is 10.8 Å². The van der Waals surface area contributed by atoms with Crippen LogP contribution in [0, 0.1) is 5.92 Å². The summed E-state index contributed by atoms with van der Waals surface area (Å²) in [6, 6.07) is 28.5. The summed E-state index contributed by atoms with van der Waals surface area (Å²) in [6.45, 7) is 4.36. The molecule has 4 aromatic carbocycles. The SMILES string of the molecule is COc1ccc(C(=O)c2ccccc2CC(C)C)cc1Cc1cccc2ccccc12. The number of carbonyl (C=O) groups is 1. The highest BCUT2D eigenvalue weighted by molar-refractivity contribution is 6.10. The number of hydrogen-bond donors (Lipinski definition) is 0. The molecule has 0 aromatic heterocycles. The molecule has 0 N–H and O–H groups in total.